The van der Waals surface area contributed by atoms with E-state index in [1.807, 2.05) is 0 Å². The first kappa shape index (κ1) is 30.7. The molecule has 0 unspecified atom stereocenters. The molecule has 222 valence electrons. The second-order valence-corrected chi connectivity index (χ2v) is 11.5. The molecule has 6 nitrogen and oxygen atoms in total. The van der Waals surface area contributed by atoms with Crippen LogP contribution in [0.5, 0.6) is 5.75 Å². The Balaban J connectivity index is 1.59. The van der Waals surface area contributed by atoms with Crippen molar-refractivity contribution in [1.29, 1.82) is 0 Å². The summed E-state index contributed by atoms with van der Waals surface area (Å²) in [6, 6.07) is 15.2. The Morgan fingerprint density at radius 1 is 1.12 bits per heavy atom. The Kier molecular flexibility index (Phi) is 8.91. The van der Waals surface area contributed by atoms with Crippen LogP contribution in [0.25, 0.3) is 6.08 Å². The molecule has 0 bridgehead atoms. The molecule has 43 heavy (non-hydrogen) atoms. The van der Waals surface area contributed by atoms with E-state index in [4.69, 9.17) is 21.1 Å². The van der Waals surface area contributed by atoms with E-state index in [0.29, 0.717) is 20.8 Å². The van der Waals surface area contributed by atoms with Crippen molar-refractivity contribution in [2.75, 3.05) is 6.61 Å². The van der Waals surface area contributed by atoms with Gasteiger partial charge in [-0.15, -0.1) is 0 Å². The molecule has 2 heterocycles. The number of thiazole rings is 1. The number of hydrogen-bond donors (Lipinski definition) is 0. The Bertz CT molecular complexity index is 1900. The maximum absolute atomic E-state index is 14.3. The van der Waals surface area contributed by atoms with Gasteiger partial charge in [0, 0.05) is 5.02 Å². The number of carbonyl (C=O) groups is 1. The van der Waals surface area contributed by atoms with Crippen molar-refractivity contribution in [3.05, 3.63) is 130 Å². The summed E-state index contributed by atoms with van der Waals surface area (Å²) < 4.78 is 68.4. The Morgan fingerprint density at radius 2 is 1.81 bits per heavy atom. The zero-order valence-electron chi connectivity index (χ0n) is 22.1. The lowest BCUT2D eigenvalue weighted by Gasteiger charge is -2.26. The molecule has 1 aliphatic rings. The number of benzene rings is 3. The minimum atomic E-state index is -5.00. The molecule has 4 aromatic rings. The first-order valence-corrected chi connectivity index (χ1v) is 14.7. The normalized spacial score (nSPS) is 15.2. The summed E-state index contributed by atoms with van der Waals surface area (Å²) in [6.45, 7) is 1.48. The zero-order chi connectivity index (χ0) is 30.9. The summed E-state index contributed by atoms with van der Waals surface area (Å²) in [6.07, 6.45) is -3.49. The first-order valence-electron chi connectivity index (χ1n) is 12.7. The van der Waals surface area contributed by atoms with Gasteiger partial charge in [-0.25, -0.2) is 14.2 Å². The highest BCUT2D eigenvalue weighted by Gasteiger charge is 2.45. The Hall–Kier alpha value is -3.74. The number of fused-ring (bicyclic) bond motifs is 1. The van der Waals surface area contributed by atoms with Crippen LogP contribution >= 0.6 is 38.9 Å². The largest absolute Gasteiger partial charge is 0.488 e. The van der Waals surface area contributed by atoms with Crippen molar-refractivity contribution in [3.63, 3.8) is 0 Å². The lowest BCUT2D eigenvalue weighted by Crippen LogP contribution is -2.41. The number of ether oxygens (including phenoxy) is 2. The third-order valence-corrected chi connectivity index (χ3v) is 8.20. The molecule has 5 rings (SSSR count). The average Bonchev–Trinajstić information content (AvgIpc) is 3.27. The highest BCUT2D eigenvalue weighted by Crippen LogP contribution is 2.38. The number of aromatic nitrogens is 1. The van der Waals surface area contributed by atoms with E-state index < -0.39 is 35.0 Å². The molecule has 0 saturated heterocycles. The fourth-order valence-electron chi connectivity index (χ4n) is 4.42. The number of carbonyl (C=O) groups excluding carboxylic acids is 1. The van der Waals surface area contributed by atoms with E-state index in [-0.39, 0.29) is 33.9 Å². The van der Waals surface area contributed by atoms with Crippen LogP contribution in [0.2, 0.25) is 5.02 Å². The number of rotatable bonds is 7. The lowest BCUT2D eigenvalue weighted by molar-refractivity contribution is -0.140. The van der Waals surface area contributed by atoms with Crippen LogP contribution in [0.1, 0.15) is 29.7 Å². The Morgan fingerprint density at radius 3 is 2.44 bits per heavy atom. The highest BCUT2D eigenvalue weighted by molar-refractivity contribution is 9.10. The highest BCUT2D eigenvalue weighted by atomic mass is 79.9. The molecule has 0 N–H and O–H groups in total. The number of alkyl halides is 3. The van der Waals surface area contributed by atoms with Crippen molar-refractivity contribution in [2.24, 2.45) is 4.99 Å². The van der Waals surface area contributed by atoms with Crippen LogP contribution < -0.4 is 19.6 Å². The number of hydrogen-bond acceptors (Lipinski definition) is 6. The van der Waals surface area contributed by atoms with Gasteiger partial charge >= 0.3 is 12.1 Å². The SMILES string of the molecule is CCOC(=O)C1=C(C(F)(F)F)N=c2s/c(=C\c3ccc(OCc4ccc(F)cc4)c(Br)c3)c(=O)n2[C@H]1c1ccc(Cl)cc1. The molecule has 1 aromatic heterocycles. The smallest absolute Gasteiger partial charge is 0.434 e. The number of halogens is 6. The topological polar surface area (TPSA) is 69.9 Å². The third kappa shape index (κ3) is 6.61. The Labute approximate surface area is 259 Å². The molecular weight excluding hydrogens is 676 g/mol. The minimum absolute atomic E-state index is 0.0937. The summed E-state index contributed by atoms with van der Waals surface area (Å²) in [7, 11) is 0. The van der Waals surface area contributed by atoms with E-state index >= 15 is 0 Å². The van der Waals surface area contributed by atoms with Crippen LogP contribution in [-0.2, 0) is 16.1 Å². The predicted molar refractivity (Wildman–Crippen MR) is 157 cm³/mol. The fraction of sp³-hybridized carbons (Fsp3) is 0.167. The number of esters is 1. The van der Waals surface area contributed by atoms with Gasteiger partial charge in [0.25, 0.3) is 5.56 Å². The van der Waals surface area contributed by atoms with E-state index in [1.54, 1.807) is 30.3 Å². The van der Waals surface area contributed by atoms with Gasteiger partial charge in [-0.3, -0.25) is 9.36 Å². The summed E-state index contributed by atoms with van der Waals surface area (Å²) in [5, 5.41) is 0.324. The van der Waals surface area contributed by atoms with Crippen molar-refractivity contribution in [3.8, 4) is 5.75 Å². The molecule has 13 heteroatoms. The molecule has 1 aliphatic heterocycles. The molecule has 0 radical (unpaired) electrons. The number of allylic oxidation sites excluding steroid dienone is 1. The quantitative estimate of drug-likeness (QED) is 0.164. The van der Waals surface area contributed by atoms with Crippen LogP contribution in [0, 0.1) is 5.82 Å². The van der Waals surface area contributed by atoms with Gasteiger partial charge in [0.15, 0.2) is 10.5 Å². The van der Waals surface area contributed by atoms with Crippen LogP contribution in [-0.4, -0.2) is 23.3 Å². The fourth-order valence-corrected chi connectivity index (χ4v) is 6.06. The van der Waals surface area contributed by atoms with E-state index in [2.05, 4.69) is 20.9 Å². The average molecular weight is 696 g/mol. The summed E-state index contributed by atoms with van der Waals surface area (Å²) in [4.78, 5) is 30.2. The third-order valence-electron chi connectivity index (χ3n) is 6.34. The molecular formula is C30H20BrClF4N2O4S. The van der Waals surface area contributed by atoms with Crippen molar-refractivity contribution < 1.29 is 31.8 Å². The first-order chi connectivity index (χ1) is 20.5. The summed E-state index contributed by atoms with van der Waals surface area (Å²) in [5.41, 5.74) is -1.32. The van der Waals surface area contributed by atoms with Gasteiger partial charge in [0.05, 0.1) is 27.2 Å². The standard InChI is InChI=1S/C30H20BrClF4N2O4S/c1-2-41-28(40)24-25(18-6-8-19(32)9-7-18)38-27(39)23(43-29(38)37-26(24)30(34,35)36)14-17-5-12-22(21(31)13-17)42-15-16-3-10-20(33)11-4-16/h3-14,25H,2,15H2,1H3/b23-14-/t25-/m0/s1. The predicted octanol–water partition coefficient (Wildman–Crippen LogP) is 6.47. The maximum Gasteiger partial charge on any atom is 0.434 e. The van der Waals surface area contributed by atoms with E-state index in [9.17, 15) is 27.2 Å². The van der Waals surface area contributed by atoms with Crippen molar-refractivity contribution >= 4 is 50.9 Å². The van der Waals surface area contributed by atoms with Gasteiger partial charge in [0.2, 0.25) is 0 Å². The van der Waals surface area contributed by atoms with Gasteiger partial charge < -0.3 is 9.47 Å². The van der Waals surface area contributed by atoms with Crippen LogP contribution in [0.15, 0.2) is 92.3 Å². The molecule has 0 amide bonds. The van der Waals surface area contributed by atoms with Gasteiger partial charge in [-0.1, -0.05) is 53.3 Å². The minimum Gasteiger partial charge on any atom is -0.488 e. The maximum atomic E-state index is 14.3. The molecule has 0 aliphatic carbocycles. The van der Waals surface area contributed by atoms with Crippen molar-refractivity contribution in [1.82, 2.24) is 4.57 Å². The van der Waals surface area contributed by atoms with E-state index in [1.165, 1.54) is 49.4 Å². The molecule has 3 aromatic carbocycles. The van der Waals surface area contributed by atoms with Crippen LogP contribution in [0.4, 0.5) is 17.6 Å². The molecule has 0 fully saturated rings. The number of nitrogens with zero attached hydrogens (tertiary/aromatic N) is 2. The second kappa shape index (κ2) is 12.5. The second-order valence-electron chi connectivity index (χ2n) is 9.22. The molecule has 0 spiro atoms. The van der Waals surface area contributed by atoms with Gasteiger partial charge in [0.1, 0.15) is 18.2 Å². The summed E-state index contributed by atoms with van der Waals surface area (Å²) >= 11 is 10.2. The lowest BCUT2D eigenvalue weighted by atomic mass is 9.95. The van der Waals surface area contributed by atoms with Crippen molar-refractivity contribution in [2.45, 2.75) is 25.7 Å². The monoisotopic (exact) mass is 694 g/mol. The zero-order valence-corrected chi connectivity index (χ0v) is 25.3. The van der Waals surface area contributed by atoms with Gasteiger partial charge in [-0.2, -0.15) is 13.2 Å². The van der Waals surface area contributed by atoms with E-state index in [0.717, 1.165) is 21.5 Å². The van der Waals surface area contributed by atoms with Crippen LogP contribution in [0.3, 0.4) is 0 Å². The summed E-state index contributed by atoms with van der Waals surface area (Å²) in [5.74, 6) is -1.10. The molecule has 0 saturated carbocycles. The van der Waals surface area contributed by atoms with Gasteiger partial charge in [-0.05, 0) is 82.0 Å². The molecule has 1 atom stereocenters.